The zero-order valence-electron chi connectivity index (χ0n) is 37.2. The average Bonchev–Trinajstić information content (AvgIpc) is 3.18. The number of unbranched alkanes of at least 4 members (excludes halogenated alkanes) is 2. The molecular weight excluding hydrogens is 771 g/mol. The summed E-state index contributed by atoms with van der Waals surface area (Å²) in [5.41, 5.74) is 0.661. The van der Waals surface area contributed by atoms with Gasteiger partial charge < -0.3 is 45.5 Å². The predicted octanol–water partition coefficient (Wildman–Crippen LogP) is 4.47. The number of carbonyl (C=O) groups excluding carboxylic acids is 6. The number of likely N-dealkylation sites (N-methyl/N-ethyl adjacent to an activating group) is 1. The fourth-order valence-corrected chi connectivity index (χ4v) is 6.48. The van der Waals surface area contributed by atoms with E-state index in [0.717, 1.165) is 11.1 Å². The number of nitrogens with zero attached hydrogens (tertiary/aromatic N) is 1. The average molecular weight is 840 g/mol. The lowest BCUT2D eigenvalue weighted by Crippen LogP contribution is -2.58. The van der Waals surface area contributed by atoms with E-state index in [1.165, 1.54) is 19.1 Å². The van der Waals surface area contributed by atoms with Gasteiger partial charge in [0.05, 0.1) is 32.8 Å². The molecule has 0 aliphatic heterocycles. The number of ether oxygens (including phenoxy) is 3. The summed E-state index contributed by atoms with van der Waals surface area (Å²) < 4.78 is 15.4. The topological polar surface area (TPSA) is 202 Å². The molecule has 5 atom stereocenters. The first-order valence-corrected chi connectivity index (χ1v) is 20.8. The molecule has 0 aliphatic rings. The van der Waals surface area contributed by atoms with Crippen LogP contribution in [0.5, 0.6) is 5.75 Å². The van der Waals surface area contributed by atoms with Gasteiger partial charge in [-0.2, -0.15) is 0 Å². The van der Waals surface area contributed by atoms with Crippen molar-refractivity contribution in [1.29, 1.82) is 0 Å². The Bertz CT molecular complexity index is 1660. The van der Waals surface area contributed by atoms with Gasteiger partial charge in [0.1, 0.15) is 29.5 Å². The molecule has 334 valence electrons. The highest BCUT2D eigenvalue weighted by Crippen LogP contribution is 2.18. The number of hydrogen-bond acceptors (Lipinski definition) is 10. The van der Waals surface area contributed by atoms with Crippen molar-refractivity contribution in [2.24, 2.45) is 11.8 Å². The molecule has 0 aliphatic carbocycles. The number of alkyl carbamates (subject to hydrolysis) is 1. The number of nitrogens with one attached hydrogen (secondary N) is 4. The van der Waals surface area contributed by atoms with Gasteiger partial charge in [0.25, 0.3) is 0 Å². The SMILES string of the molecule is COC(=O)CCCCCNC(=O)[C@@H](NC(=O)C[C@@H](O)[C@@H](CC(C)C)NC(=O)[C@H](Cc1ccccc1)N(C)C(=O)[C@H](Cc1ccc(OC)cc1)NC(=O)OC(C)(C)C)C(C)C. The number of carbonyl (C=O) groups is 6. The number of rotatable bonds is 24. The zero-order valence-corrected chi connectivity index (χ0v) is 37.2. The van der Waals surface area contributed by atoms with Gasteiger partial charge in [-0.25, -0.2) is 4.79 Å². The Labute approximate surface area is 356 Å². The van der Waals surface area contributed by atoms with Gasteiger partial charge in [0.2, 0.25) is 23.6 Å². The standard InChI is InChI=1S/C45H69N5O10/c1-29(2)25-34(37(51)28-38(52)49-40(30(3)4)42(55)46-24-16-12-15-19-39(53)59-10)47-41(54)36(27-31-17-13-11-14-18-31)50(8)43(56)35(48-44(57)60-45(5,6)7)26-32-20-22-33(58-9)23-21-32/h11,13-14,17-18,20-23,29-30,34-37,40,51H,12,15-16,19,24-28H2,1-10H3,(H,46,55)(H,47,54)(H,48,57)(H,49,52)/t34-,35+,36+,37-,40+/m1/s1. The molecule has 60 heavy (non-hydrogen) atoms. The fraction of sp³-hybridized carbons (Fsp3) is 0.600. The van der Waals surface area contributed by atoms with Crippen molar-refractivity contribution in [2.45, 2.75) is 136 Å². The largest absolute Gasteiger partial charge is 0.497 e. The van der Waals surface area contributed by atoms with Crippen molar-refractivity contribution in [3.63, 3.8) is 0 Å². The maximum atomic E-state index is 14.4. The third-order valence-corrected chi connectivity index (χ3v) is 9.74. The highest BCUT2D eigenvalue weighted by Gasteiger charge is 2.36. The minimum atomic E-state index is -1.34. The molecule has 0 heterocycles. The second kappa shape index (κ2) is 25.4. The molecular formula is C45H69N5O10. The first-order valence-electron chi connectivity index (χ1n) is 20.8. The van der Waals surface area contributed by atoms with E-state index in [1.807, 2.05) is 44.2 Å². The number of methoxy groups -OCH3 is 2. The van der Waals surface area contributed by atoms with Gasteiger partial charge in [-0.15, -0.1) is 0 Å². The molecule has 15 heteroatoms. The van der Waals surface area contributed by atoms with Gasteiger partial charge in [-0.05, 0) is 75.1 Å². The van der Waals surface area contributed by atoms with Crippen LogP contribution in [0.25, 0.3) is 0 Å². The van der Waals surface area contributed by atoms with E-state index in [1.54, 1.807) is 66.0 Å². The number of aliphatic hydroxyl groups excluding tert-OH is 1. The van der Waals surface area contributed by atoms with Crippen molar-refractivity contribution in [3.8, 4) is 5.75 Å². The molecule has 0 saturated carbocycles. The molecule has 0 saturated heterocycles. The molecule has 15 nitrogen and oxygen atoms in total. The molecule has 0 aromatic heterocycles. The number of amides is 5. The highest BCUT2D eigenvalue weighted by atomic mass is 16.6. The molecule has 0 spiro atoms. The minimum absolute atomic E-state index is 0.00587. The van der Waals surface area contributed by atoms with E-state index in [0.29, 0.717) is 44.4 Å². The number of aliphatic hydroxyl groups is 1. The fourth-order valence-electron chi connectivity index (χ4n) is 6.48. The molecule has 2 rings (SSSR count). The Morgan fingerprint density at radius 1 is 0.783 bits per heavy atom. The zero-order chi connectivity index (χ0) is 45.0. The Hall–Kier alpha value is -5.18. The van der Waals surface area contributed by atoms with Crippen LogP contribution in [0.4, 0.5) is 4.79 Å². The summed E-state index contributed by atoms with van der Waals surface area (Å²) >= 11 is 0. The predicted molar refractivity (Wildman–Crippen MR) is 229 cm³/mol. The molecule has 2 aromatic rings. The van der Waals surface area contributed by atoms with E-state index in [4.69, 9.17) is 9.47 Å². The summed E-state index contributed by atoms with van der Waals surface area (Å²) in [6.45, 7) is 12.9. The van der Waals surface area contributed by atoms with Crippen molar-refractivity contribution >= 4 is 35.7 Å². The second-order valence-electron chi connectivity index (χ2n) is 16.9. The molecule has 0 unspecified atom stereocenters. The van der Waals surface area contributed by atoms with E-state index in [-0.39, 0.29) is 36.6 Å². The lowest BCUT2D eigenvalue weighted by Gasteiger charge is -2.34. The molecule has 5 amide bonds. The van der Waals surface area contributed by atoms with E-state index >= 15 is 0 Å². The lowest BCUT2D eigenvalue weighted by atomic mass is 9.95. The smallest absolute Gasteiger partial charge is 0.408 e. The van der Waals surface area contributed by atoms with Crippen LogP contribution in [-0.2, 0) is 46.3 Å². The quantitative estimate of drug-likeness (QED) is 0.0742. The second-order valence-corrected chi connectivity index (χ2v) is 16.9. The van der Waals surface area contributed by atoms with Crippen LogP contribution in [0.15, 0.2) is 54.6 Å². The molecule has 5 N–H and O–H groups in total. The van der Waals surface area contributed by atoms with Crippen molar-refractivity contribution in [3.05, 3.63) is 65.7 Å². The summed E-state index contributed by atoms with van der Waals surface area (Å²) in [5.74, 6) is -1.98. The van der Waals surface area contributed by atoms with Crippen molar-refractivity contribution < 1.29 is 48.1 Å². The Balaban J connectivity index is 2.30. The van der Waals surface area contributed by atoms with Gasteiger partial charge in [-0.3, -0.25) is 24.0 Å². The van der Waals surface area contributed by atoms with Crippen LogP contribution in [0.1, 0.15) is 98.1 Å². The summed E-state index contributed by atoms with van der Waals surface area (Å²) in [5, 5.41) is 22.7. The Morgan fingerprint density at radius 3 is 1.98 bits per heavy atom. The monoisotopic (exact) mass is 840 g/mol. The normalized spacial score (nSPS) is 13.9. The van der Waals surface area contributed by atoms with Crippen molar-refractivity contribution in [1.82, 2.24) is 26.2 Å². The summed E-state index contributed by atoms with van der Waals surface area (Å²) in [4.78, 5) is 80.9. The van der Waals surface area contributed by atoms with Gasteiger partial charge >= 0.3 is 12.1 Å². The van der Waals surface area contributed by atoms with Gasteiger partial charge in [0, 0.05) is 32.9 Å². The summed E-state index contributed by atoms with van der Waals surface area (Å²) in [7, 11) is 4.38. The maximum Gasteiger partial charge on any atom is 0.408 e. The van der Waals surface area contributed by atoms with Crippen LogP contribution < -0.4 is 26.0 Å². The third-order valence-electron chi connectivity index (χ3n) is 9.74. The Kier molecular flexibility index (Phi) is 21.6. The number of benzene rings is 2. The molecule has 0 bridgehead atoms. The van der Waals surface area contributed by atoms with E-state index in [9.17, 15) is 33.9 Å². The van der Waals surface area contributed by atoms with Crippen LogP contribution in [0.3, 0.4) is 0 Å². The van der Waals surface area contributed by atoms with Crippen LogP contribution in [0.2, 0.25) is 0 Å². The van der Waals surface area contributed by atoms with E-state index < -0.39 is 66.1 Å². The van der Waals surface area contributed by atoms with Crippen LogP contribution in [0, 0.1) is 11.8 Å². The van der Waals surface area contributed by atoms with Crippen molar-refractivity contribution in [2.75, 3.05) is 27.8 Å². The summed E-state index contributed by atoms with van der Waals surface area (Å²) in [6, 6.07) is 12.2. The van der Waals surface area contributed by atoms with Crippen LogP contribution >= 0.6 is 0 Å². The first-order chi connectivity index (χ1) is 28.2. The van der Waals surface area contributed by atoms with Crippen LogP contribution in [-0.4, -0.2) is 109 Å². The minimum Gasteiger partial charge on any atom is -0.497 e. The van der Waals surface area contributed by atoms with Gasteiger partial charge in [-0.1, -0.05) is 76.6 Å². The number of hydrogen-bond donors (Lipinski definition) is 5. The highest BCUT2D eigenvalue weighted by molar-refractivity contribution is 5.92. The number of esters is 1. The lowest BCUT2D eigenvalue weighted by molar-refractivity contribution is -0.141. The Morgan fingerprint density at radius 2 is 1.42 bits per heavy atom. The first kappa shape index (κ1) is 51.0. The molecule has 0 fully saturated rings. The maximum absolute atomic E-state index is 14.4. The third kappa shape index (κ3) is 18.8. The molecule has 0 radical (unpaired) electrons. The summed E-state index contributed by atoms with van der Waals surface area (Å²) in [6.07, 6.45) is 0.266. The van der Waals surface area contributed by atoms with Gasteiger partial charge in [0.15, 0.2) is 0 Å². The van der Waals surface area contributed by atoms with E-state index in [2.05, 4.69) is 26.0 Å². The molecule has 2 aromatic carbocycles.